The van der Waals surface area contributed by atoms with Crippen LogP contribution in [-0.4, -0.2) is 21.9 Å². The van der Waals surface area contributed by atoms with Crippen molar-refractivity contribution in [1.29, 1.82) is 0 Å². The van der Waals surface area contributed by atoms with Gasteiger partial charge in [0, 0.05) is 16.6 Å². The number of thioether (sulfide) groups is 1. The van der Waals surface area contributed by atoms with Gasteiger partial charge in [0.15, 0.2) is 10.1 Å². The minimum absolute atomic E-state index is 0.0678. The molecule has 2 rings (SSSR count). The van der Waals surface area contributed by atoms with Crippen molar-refractivity contribution in [3.63, 3.8) is 0 Å². The zero-order valence-electron chi connectivity index (χ0n) is 12.0. The molecule has 4 nitrogen and oxygen atoms in total. The number of thiazole rings is 1. The molecule has 6 heteroatoms. The smallest absolute Gasteiger partial charge is 0.237 e. The molecule has 0 saturated carbocycles. The van der Waals surface area contributed by atoms with E-state index in [0.717, 1.165) is 10.0 Å². The number of nitrogens with one attached hydrogen (secondary N) is 1. The van der Waals surface area contributed by atoms with E-state index in [0.29, 0.717) is 11.3 Å². The summed E-state index contributed by atoms with van der Waals surface area (Å²) in [6.07, 6.45) is 0. The van der Waals surface area contributed by atoms with Gasteiger partial charge in [-0.05, 0) is 32.9 Å². The van der Waals surface area contributed by atoms with Crippen molar-refractivity contribution in [2.45, 2.75) is 30.4 Å². The number of carbonyl (C=O) groups is 2. The summed E-state index contributed by atoms with van der Waals surface area (Å²) in [5, 5.41) is 4.49. The fraction of sp³-hybridized carbons (Fsp3) is 0.267. The molecule has 1 atom stereocenters. The van der Waals surface area contributed by atoms with Crippen LogP contribution >= 0.6 is 23.1 Å². The number of benzene rings is 1. The lowest BCUT2D eigenvalue weighted by atomic mass is 10.1. The maximum absolute atomic E-state index is 12.2. The molecule has 1 amide bonds. The van der Waals surface area contributed by atoms with Gasteiger partial charge < -0.3 is 5.32 Å². The third kappa shape index (κ3) is 4.15. The molecule has 0 aliphatic rings. The highest BCUT2D eigenvalue weighted by Crippen LogP contribution is 2.27. The Bertz CT molecular complexity index is 667. The van der Waals surface area contributed by atoms with Crippen molar-refractivity contribution in [3.05, 3.63) is 40.9 Å². The van der Waals surface area contributed by atoms with Gasteiger partial charge in [-0.3, -0.25) is 9.59 Å². The van der Waals surface area contributed by atoms with Gasteiger partial charge in [0.1, 0.15) is 0 Å². The van der Waals surface area contributed by atoms with E-state index in [1.54, 1.807) is 24.3 Å². The number of ketones is 1. The van der Waals surface area contributed by atoms with Crippen LogP contribution in [0.2, 0.25) is 0 Å². The standard InChI is InChI=1S/C15H16N2O2S2/c1-9-8-20-15(16-9)21-11(3)14(19)17-13-7-5-4-6-12(13)10(2)18/h4-8,11H,1-3H3,(H,17,19)/t11-/m0/s1. The molecule has 0 aliphatic heterocycles. The highest BCUT2D eigenvalue weighted by atomic mass is 32.2. The van der Waals surface area contributed by atoms with Crippen molar-refractivity contribution in [1.82, 2.24) is 4.98 Å². The fourth-order valence-electron chi connectivity index (χ4n) is 1.72. The summed E-state index contributed by atoms with van der Waals surface area (Å²) in [6, 6.07) is 7.02. The number of para-hydroxylation sites is 1. The number of rotatable bonds is 5. The average Bonchev–Trinajstić information content (AvgIpc) is 2.84. The number of aryl methyl sites for hydroxylation is 1. The second kappa shape index (κ2) is 6.87. The van der Waals surface area contributed by atoms with E-state index < -0.39 is 0 Å². The molecular weight excluding hydrogens is 304 g/mol. The first-order valence-electron chi connectivity index (χ1n) is 6.47. The number of amides is 1. The molecule has 1 aromatic heterocycles. The molecule has 0 unspecified atom stereocenters. The minimum Gasteiger partial charge on any atom is -0.324 e. The summed E-state index contributed by atoms with van der Waals surface area (Å²) in [6.45, 7) is 5.24. The first-order valence-corrected chi connectivity index (χ1v) is 8.23. The molecule has 1 aromatic carbocycles. The molecule has 0 spiro atoms. The van der Waals surface area contributed by atoms with Crippen LogP contribution in [0.1, 0.15) is 29.9 Å². The number of hydrogen-bond donors (Lipinski definition) is 1. The second-order valence-electron chi connectivity index (χ2n) is 4.61. The minimum atomic E-state index is -0.282. The maximum atomic E-state index is 12.2. The Morgan fingerprint density at radius 3 is 2.67 bits per heavy atom. The summed E-state index contributed by atoms with van der Waals surface area (Å²) in [4.78, 5) is 28.1. The van der Waals surface area contributed by atoms with Gasteiger partial charge in [-0.1, -0.05) is 23.9 Å². The first-order chi connectivity index (χ1) is 9.97. The Morgan fingerprint density at radius 2 is 2.05 bits per heavy atom. The fourth-order valence-corrected chi connectivity index (χ4v) is 3.71. The molecule has 1 N–H and O–H groups in total. The van der Waals surface area contributed by atoms with Crippen molar-refractivity contribution < 1.29 is 9.59 Å². The van der Waals surface area contributed by atoms with Gasteiger partial charge in [0.2, 0.25) is 5.91 Å². The van der Waals surface area contributed by atoms with Crippen LogP contribution < -0.4 is 5.32 Å². The van der Waals surface area contributed by atoms with E-state index in [1.807, 2.05) is 19.2 Å². The maximum Gasteiger partial charge on any atom is 0.237 e. The quantitative estimate of drug-likeness (QED) is 0.673. The SMILES string of the molecule is CC(=O)c1ccccc1NC(=O)[C@H](C)Sc1nc(C)cs1. The Balaban J connectivity index is 2.05. The summed E-state index contributed by atoms with van der Waals surface area (Å²) >= 11 is 2.94. The molecule has 0 fully saturated rings. The van der Waals surface area contributed by atoms with Gasteiger partial charge in [-0.15, -0.1) is 11.3 Å². The zero-order chi connectivity index (χ0) is 15.4. The number of aromatic nitrogens is 1. The predicted molar refractivity (Wildman–Crippen MR) is 87.2 cm³/mol. The molecule has 0 bridgehead atoms. The Hall–Kier alpha value is -1.66. The molecule has 1 heterocycles. The number of anilines is 1. The summed E-state index contributed by atoms with van der Waals surface area (Å²) in [5.41, 5.74) is 2.03. The highest BCUT2D eigenvalue weighted by Gasteiger charge is 2.18. The monoisotopic (exact) mass is 320 g/mol. The van der Waals surface area contributed by atoms with E-state index in [1.165, 1.54) is 30.0 Å². The van der Waals surface area contributed by atoms with E-state index in [-0.39, 0.29) is 16.9 Å². The summed E-state index contributed by atoms with van der Waals surface area (Å²) in [7, 11) is 0. The molecule has 21 heavy (non-hydrogen) atoms. The number of Topliss-reactive ketones (excluding diaryl/α,β-unsaturated/α-hetero) is 1. The molecule has 110 valence electrons. The second-order valence-corrected chi connectivity index (χ2v) is 7.05. The highest BCUT2D eigenvalue weighted by molar-refractivity contribution is 8.02. The van der Waals surface area contributed by atoms with Gasteiger partial charge >= 0.3 is 0 Å². The summed E-state index contributed by atoms with van der Waals surface area (Å²) in [5.74, 6) is -0.205. The van der Waals surface area contributed by atoms with Gasteiger partial charge in [-0.25, -0.2) is 4.98 Å². The van der Waals surface area contributed by atoms with Crippen LogP contribution in [0.3, 0.4) is 0 Å². The van der Waals surface area contributed by atoms with Gasteiger partial charge in [-0.2, -0.15) is 0 Å². The van der Waals surface area contributed by atoms with E-state index in [4.69, 9.17) is 0 Å². The number of hydrogen-bond acceptors (Lipinski definition) is 5. The van der Waals surface area contributed by atoms with E-state index in [2.05, 4.69) is 10.3 Å². The van der Waals surface area contributed by atoms with E-state index >= 15 is 0 Å². The predicted octanol–water partition coefficient (Wildman–Crippen LogP) is 3.77. The molecule has 0 radical (unpaired) electrons. The van der Waals surface area contributed by atoms with Crippen molar-refractivity contribution >= 4 is 40.5 Å². The van der Waals surface area contributed by atoms with Gasteiger partial charge in [0.25, 0.3) is 0 Å². The van der Waals surface area contributed by atoms with Crippen molar-refractivity contribution in [2.24, 2.45) is 0 Å². The van der Waals surface area contributed by atoms with Crippen LogP contribution in [0.15, 0.2) is 34.0 Å². The largest absolute Gasteiger partial charge is 0.324 e. The average molecular weight is 320 g/mol. The lowest BCUT2D eigenvalue weighted by molar-refractivity contribution is -0.115. The zero-order valence-corrected chi connectivity index (χ0v) is 13.7. The first kappa shape index (κ1) is 15.7. The Kier molecular flexibility index (Phi) is 5.14. The lowest BCUT2D eigenvalue weighted by Gasteiger charge is -2.12. The Labute approximate surface area is 132 Å². The third-order valence-corrected chi connectivity index (χ3v) is 5.00. The van der Waals surface area contributed by atoms with Crippen molar-refractivity contribution in [3.8, 4) is 0 Å². The summed E-state index contributed by atoms with van der Waals surface area (Å²) < 4.78 is 0.870. The van der Waals surface area contributed by atoms with Crippen LogP contribution in [0, 0.1) is 6.92 Å². The van der Waals surface area contributed by atoms with Crippen LogP contribution in [0.25, 0.3) is 0 Å². The Morgan fingerprint density at radius 1 is 1.33 bits per heavy atom. The van der Waals surface area contributed by atoms with Gasteiger partial charge in [0.05, 0.1) is 10.9 Å². The molecule has 0 saturated heterocycles. The van der Waals surface area contributed by atoms with E-state index in [9.17, 15) is 9.59 Å². The lowest BCUT2D eigenvalue weighted by Crippen LogP contribution is -2.23. The topological polar surface area (TPSA) is 59.1 Å². The number of nitrogens with zero attached hydrogens (tertiary/aromatic N) is 1. The molecule has 0 aliphatic carbocycles. The normalized spacial score (nSPS) is 12.0. The van der Waals surface area contributed by atoms with Crippen LogP contribution in [0.4, 0.5) is 5.69 Å². The molecule has 2 aromatic rings. The van der Waals surface area contributed by atoms with Crippen molar-refractivity contribution in [2.75, 3.05) is 5.32 Å². The molecular formula is C15H16N2O2S2. The van der Waals surface area contributed by atoms with Crippen LogP contribution in [0.5, 0.6) is 0 Å². The third-order valence-electron chi connectivity index (χ3n) is 2.81. The number of carbonyl (C=O) groups excluding carboxylic acids is 2. The van der Waals surface area contributed by atoms with Crippen LogP contribution in [-0.2, 0) is 4.79 Å².